The topological polar surface area (TPSA) is 50.5 Å². The summed E-state index contributed by atoms with van der Waals surface area (Å²) in [5, 5.41) is 4.01. The number of thiocarbonyl (C=S) groups is 1. The van der Waals surface area contributed by atoms with Crippen LogP contribution in [-0.4, -0.2) is 10.1 Å². The molecule has 1 fully saturated rings. The SMILES string of the molecule is Cc1ccccc1Oc1ccc(N2C(=S)NC(c3ccccn3)C2c2ccc(-c3ccc(F)cc3)o2)cc1. The van der Waals surface area contributed by atoms with Gasteiger partial charge in [-0.25, -0.2) is 4.39 Å². The van der Waals surface area contributed by atoms with Crippen LogP contribution in [0.1, 0.15) is 29.1 Å². The van der Waals surface area contributed by atoms with E-state index in [0.29, 0.717) is 16.6 Å². The fourth-order valence-electron chi connectivity index (χ4n) is 4.68. The van der Waals surface area contributed by atoms with Gasteiger partial charge in [-0.15, -0.1) is 0 Å². The molecule has 7 heteroatoms. The van der Waals surface area contributed by atoms with Crippen molar-refractivity contribution in [3.8, 4) is 22.8 Å². The number of aryl methyl sites for hydroxylation is 1. The van der Waals surface area contributed by atoms with Gasteiger partial charge in [0.2, 0.25) is 0 Å². The van der Waals surface area contributed by atoms with E-state index in [2.05, 4.69) is 10.3 Å². The highest BCUT2D eigenvalue weighted by molar-refractivity contribution is 7.80. The van der Waals surface area contributed by atoms with Crippen LogP contribution in [0.25, 0.3) is 11.3 Å². The Hall–Kier alpha value is -4.49. The van der Waals surface area contributed by atoms with E-state index in [1.165, 1.54) is 12.1 Å². The molecule has 2 aromatic heterocycles. The maximum Gasteiger partial charge on any atom is 0.174 e. The van der Waals surface area contributed by atoms with E-state index in [1.807, 2.05) is 90.7 Å². The van der Waals surface area contributed by atoms with Crippen molar-refractivity contribution in [3.63, 3.8) is 0 Å². The van der Waals surface area contributed by atoms with Crippen molar-refractivity contribution in [1.82, 2.24) is 10.3 Å². The van der Waals surface area contributed by atoms with Crippen molar-refractivity contribution < 1.29 is 13.5 Å². The summed E-state index contributed by atoms with van der Waals surface area (Å²) in [4.78, 5) is 6.63. The minimum atomic E-state index is -0.297. The van der Waals surface area contributed by atoms with Gasteiger partial charge in [0.1, 0.15) is 34.9 Å². The summed E-state index contributed by atoms with van der Waals surface area (Å²) in [6.45, 7) is 2.02. The first-order valence-corrected chi connectivity index (χ1v) is 12.7. The summed E-state index contributed by atoms with van der Waals surface area (Å²) in [5.41, 5.74) is 3.60. The molecule has 0 aliphatic carbocycles. The average Bonchev–Trinajstić information content (AvgIpc) is 3.56. The third-order valence-electron chi connectivity index (χ3n) is 6.58. The molecule has 1 aliphatic heterocycles. The number of hydrogen-bond donors (Lipinski definition) is 1. The van der Waals surface area contributed by atoms with Gasteiger partial charge in [-0.3, -0.25) is 4.98 Å². The smallest absolute Gasteiger partial charge is 0.174 e. The van der Waals surface area contributed by atoms with Crippen LogP contribution in [0.4, 0.5) is 10.1 Å². The maximum atomic E-state index is 13.5. The minimum Gasteiger partial charge on any atom is -0.459 e. The number of anilines is 1. The highest BCUT2D eigenvalue weighted by Crippen LogP contribution is 2.43. The first-order chi connectivity index (χ1) is 18.6. The Morgan fingerprint density at radius 2 is 1.66 bits per heavy atom. The van der Waals surface area contributed by atoms with Crippen LogP contribution in [0.15, 0.2) is 114 Å². The zero-order valence-electron chi connectivity index (χ0n) is 20.5. The molecule has 2 unspecified atom stereocenters. The summed E-state index contributed by atoms with van der Waals surface area (Å²) in [7, 11) is 0. The molecule has 0 amide bonds. The molecule has 3 heterocycles. The van der Waals surface area contributed by atoms with Crippen molar-refractivity contribution in [2.75, 3.05) is 4.90 Å². The number of ether oxygens (including phenoxy) is 1. The molecule has 188 valence electrons. The first kappa shape index (κ1) is 23.9. The summed E-state index contributed by atoms with van der Waals surface area (Å²) >= 11 is 5.82. The summed E-state index contributed by atoms with van der Waals surface area (Å²) in [6, 6.07) is 31.1. The molecule has 1 saturated heterocycles. The van der Waals surface area contributed by atoms with Crippen molar-refractivity contribution in [2.24, 2.45) is 0 Å². The Bertz CT molecular complexity index is 1570. The zero-order chi connectivity index (χ0) is 26.1. The van der Waals surface area contributed by atoms with Crippen molar-refractivity contribution in [3.05, 3.63) is 132 Å². The number of rotatable bonds is 6. The standard InChI is InChI=1S/C31H24FN3O2S/c1-20-6-2-3-8-26(20)36-24-15-13-23(14-16-24)35-30(29(34-31(35)38)25-7-4-5-19-33-25)28-18-17-27(37-28)21-9-11-22(32)12-10-21/h2-19,29-30H,1H3,(H,34,38). The van der Waals surface area contributed by atoms with Gasteiger partial charge < -0.3 is 19.4 Å². The largest absolute Gasteiger partial charge is 0.459 e. The zero-order valence-corrected chi connectivity index (χ0v) is 21.4. The lowest BCUT2D eigenvalue weighted by molar-refractivity contribution is 0.439. The Labute approximate surface area is 225 Å². The molecule has 38 heavy (non-hydrogen) atoms. The van der Waals surface area contributed by atoms with Gasteiger partial charge in [0.15, 0.2) is 5.11 Å². The van der Waals surface area contributed by atoms with Crippen LogP contribution < -0.4 is 15.0 Å². The normalized spacial score (nSPS) is 16.9. The summed E-state index contributed by atoms with van der Waals surface area (Å²) in [6.07, 6.45) is 1.77. The molecular weight excluding hydrogens is 497 g/mol. The highest BCUT2D eigenvalue weighted by atomic mass is 32.1. The lowest BCUT2D eigenvalue weighted by atomic mass is 10.0. The van der Waals surface area contributed by atoms with Crippen LogP contribution in [0.2, 0.25) is 0 Å². The molecule has 0 saturated carbocycles. The Morgan fingerprint density at radius 3 is 2.39 bits per heavy atom. The lowest BCUT2D eigenvalue weighted by Crippen LogP contribution is -2.29. The summed E-state index contributed by atoms with van der Waals surface area (Å²) < 4.78 is 25.9. The molecule has 0 radical (unpaired) electrons. The van der Waals surface area contributed by atoms with E-state index in [9.17, 15) is 4.39 Å². The van der Waals surface area contributed by atoms with Gasteiger partial charge in [0.25, 0.3) is 0 Å². The Kier molecular flexibility index (Phi) is 6.35. The number of halogens is 1. The van der Waals surface area contributed by atoms with Gasteiger partial charge in [-0.2, -0.15) is 0 Å². The van der Waals surface area contributed by atoms with Crippen LogP contribution >= 0.6 is 12.2 Å². The third kappa shape index (κ3) is 4.64. The number of nitrogens with one attached hydrogen (secondary N) is 1. The number of furan rings is 1. The lowest BCUT2D eigenvalue weighted by Gasteiger charge is -2.26. The average molecular weight is 522 g/mol. The van der Waals surface area contributed by atoms with Crippen molar-refractivity contribution >= 4 is 23.0 Å². The molecule has 5 aromatic rings. The molecule has 2 atom stereocenters. The number of pyridine rings is 1. The van der Waals surface area contributed by atoms with E-state index < -0.39 is 0 Å². The van der Waals surface area contributed by atoms with E-state index in [4.69, 9.17) is 21.4 Å². The van der Waals surface area contributed by atoms with Gasteiger partial charge in [0, 0.05) is 17.4 Å². The van der Waals surface area contributed by atoms with Gasteiger partial charge >= 0.3 is 0 Å². The monoisotopic (exact) mass is 521 g/mol. The second-order valence-corrected chi connectivity index (χ2v) is 9.45. The van der Waals surface area contributed by atoms with Gasteiger partial charge in [-0.05, 0) is 104 Å². The van der Waals surface area contributed by atoms with Crippen LogP contribution in [0.5, 0.6) is 11.5 Å². The molecule has 5 nitrogen and oxygen atoms in total. The maximum absolute atomic E-state index is 13.5. The number of para-hydroxylation sites is 1. The Morgan fingerprint density at radius 1 is 0.895 bits per heavy atom. The van der Waals surface area contributed by atoms with Crippen LogP contribution in [0.3, 0.4) is 0 Å². The number of hydrogen-bond acceptors (Lipinski definition) is 4. The van der Waals surface area contributed by atoms with E-state index in [-0.39, 0.29) is 17.9 Å². The number of nitrogens with zero attached hydrogens (tertiary/aromatic N) is 2. The quantitative estimate of drug-likeness (QED) is 0.231. The van der Waals surface area contributed by atoms with Crippen LogP contribution in [-0.2, 0) is 0 Å². The van der Waals surface area contributed by atoms with Gasteiger partial charge in [0.05, 0.1) is 11.7 Å². The van der Waals surface area contributed by atoms with Crippen molar-refractivity contribution in [1.29, 1.82) is 0 Å². The molecule has 3 aromatic carbocycles. The predicted molar refractivity (Wildman–Crippen MR) is 150 cm³/mol. The molecule has 0 spiro atoms. The first-order valence-electron chi connectivity index (χ1n) is 12.3. The second-order valence-electron chi connectivity index (χ2n) is 9.07. The van der Waals surface area contributed by atoms with Crippen molar-refractivity contribution in [2.45, 2.75) is 19.0 Å². The van der Waals surface area contributed by atoms with E-state index >= 15 is 0 Å². The van der Waals surface area contributed by atoms with E-state index in [0.717, 1.165) is 34.0 Å². The van der Waals surface area contributed by atoms with Gasteiger partial charge in [-0.1, -0.05) is 24.3 Å². The van der Waals surface area contributed by atoms with E-state index in [1.54, 1.807) is 18.3 Å². The molecule has 1 aliphatic rings. The minimum absolute atomic E-state index is 0.237. The molecule has 6 rings (SSSR count). The second kappa shape index (κ2) is 10.1. The predicted octanol–water partition coefficient (Wildman–Crippen LogP) is 7.76. The fourth-order valence-corrected chi connectivity index (χ4v) is 5.02. The number of aromatic nitrogens is 1. The molecule has 0 bridgehead atoms. The summed E-state index contributed by atoms with van der Waals surface area (Å²) in [5.74, 6) is 2.63. The highest BCUT2D eigenvalue weighted by Gasteiger charge is 2.42. The fraction of sp³-hybridized carbons (Fsp3) is 0.0968. The van der Waals surface area contributed by atoms with Crippen LogP contribution in [0, 0.1) is 12.7 Å². The number of benzene rings is 3. The molecule has 1 N–H and O–H groups in total. The molecular formula is C31H24FN3O2S. The third-order valence-corrected chi connectivity index (χ3v) is 6.90. The Balaban J connectivity index is 1.35.